The lowest BCUT2D eigenvalue weighted by Gasteiger charge is -2.52. The molecule has 1 N–H and O–H groups in total. The zero-order valence-corrected chi connectivity index (χ0v) is 19.2. The summed E-state index contributed by atoms with van der Waals surface area (Å²) in [4.78, 5) is 0. The van der Waals surface area contributed by atoms with Crippen LogP contribution in [-0.4, -0.2) is 73.0 Å². The molecule has 2 fully saturated rings. The van der Waals surface area contributed by atoms with Gasteiger partial charge in [-0.05, 0) is 54.8 Å². The molecule has 0 heterocycles. The van der Waals surface area contributed by atoms with Crippen molar-refractivity contribution in [3.8, 4) is 0 Å². The molecule has 0 aromatic rings. The largest absolute Gasteiger partial charge is 0.396 e. The van der Waals surface area contributed by atoms with E-state index in [1.807, 2.05) is 6.92 Å². The van der Waals surface area contributed by atoms with Crippen LogP contribution in [0.2, 0.25) is 0 Å². The first-order valence-corrected chi connectivity index (χ1v) is 12.2. The molecule has 2 aliphatic rings. The average Bonchev–Trinajstić information content (AvgIpc) is 3.12. The van der Waals surface area contributed by atoms with Crippen LogP contribution in [0.5, 0.6) is 0 Å². The first-order valence-electron chi connectivity index (χ1n) is 10.3. The van der Waals surface area contributed by atoms with E-state index >= 15 is 0 Å². The molecule has 0 aromatic carbocycles. The van der Waals surface area contributed by atoms with E-state index in [-0.39, 0.29) is 62.2 Å². The number of aliphatic hydroxyl groups is 1. The lowest BCUT2D eigenvalue weighted by molar-refractivity contribution is -0.220. The third kappa shape index (κ3) is 6.12. The second-order valence-corrected chi connectivity index (χ2v) is 10.4. The number of ether oxygens (including phenoxy) is 4. The Morgan fingerprint density at radius 3 is 2.41 bits per heavy atom. The summed E-state index contributed by atoms with van der Waals surface area (Å²) in [6.07, 6.45) is 4.31. The fourth-order valence-corrected chi connectivity index (χ4v) is 5.89. The van der Waals surface area contributed by atoms with Crippen molar-refractivity contribution >= 4 is 10.1 Å². The van der Waals surface area contributed by atoms with Crippen molar-refractivity contribution in [1.29, 1.82) is 0 Å². The van der Waals surface area contributed by atoms with E-state index in [1.165, 1.54) is 0 Å². The highest BCUT2D eigenvalue weighted by Crippen LogP contribution is 2.59. The second-order valence-electron chi connectivity index (χ2n) is 8.76. The van der Waals surface area contributed by atoms with E-state index in [0.717, 1.165) is 25.5 Å². The molecular formula is C20H38O8S. The zero-order valence-electron chi connectivity index (χ0n) is 18.3. The summed E-state index contributed by atoms with van der Waals surface area (Å²) in [5.74, 6) is 0.706. The van der Waals surface area contributed by atoms with Gasteiger partial charge in [-0.15, -0.1) is 0 Å². The number of hydrogen-bond acceptors (Lipinski definition) is 8. The van der Waals surface area contributed by atoms with E-state index < -0.39 is 10.1 Å². The fraction of sp³-hybridized carbons (Fsp3) is 1.00. The van der Waals surface area contributed by atoms with Gasteiger partial charge in [0.05, 0.1) is 25.1 Å². The molecule has 1 unspecified atom stereocenters. The molecule has 0 radical (unpaired) electrons. The van der Waals surface area contributed by atoms with Gasteiger partial charge in [-0.1, -0.05) is 13.8 Å². The lowest BCUT2D eigenvalue weighted by Crippen LogP contribution is -2.55. The first kappa shape index (κ1) is 25.0. The van der Waals surface area contributed by atoms with E-state index in [0.29, 0.717) is 12.3 Å². The maximum Gasteiger partial charge on any atom is 0.264 e. The highest BCUT2D eigenvalue weighted by Gasteiger charge is 2.56. The summed E-state index contributed by atoms with van der Waals surface area (Å²) >= 11 is 0. The van der Waals surface area contributed by atoms with Gasteiger partial charge in [-0.3, -0.25) is 4.18 Å². The number of hydrogen-bond donors (Lipinski definition) is 1. The van der Waals surface area contributed by atoms with Crippen molar-refractivity contribution in [2.24, 2.45) is 29.1 Å². The van der Waals surface area contributed by atoms with E-state index in [2.05, 4.69) is 6.92 Å². The Balaban J connectivity index is 2.16. The van der Waals surface area contributed by atoms with Gasteiger partial charge in [0.1, 0.15) is 13.6 Å². The molecule has 2 rings (SSSR count). The summed E-state index contributed by atoms with van der Waals surface area (Å²) in [5.41, 5.74) is -0.0793. The van der Waals surface area contributed by atoms with Crippen LogP contribution in [0.15, 0.2) is 0 Å². The van der Waals surface area contributed by atoms with Crippen molar-refractivity contribution in [3.63, 3.8) is 0 Å². The van der Waals surface area contributed by atoms with Gasteiger partial charge in [0, 0.05) is 20.8 Å². The summed E-state index contributed by atoms with van der Waals surface area (Å²) in [7, 11) is -0.262. The Morgan fingerprint density at radius 2 is 1.83 bits per heavy atom. The minimum absolute atomic E-state index is 0.0793. The molecule has 2 saturated carbocycles. The molecule has 0 bridgehead atoms. The van der Waals surface area contributed by atoms with Crippen molar-refractivity contribution in [3.05, 3.63) is 0 Å². The van der Waals surface area contributed by atoms with Crippen LogP contribution < -0.4 is 0 Å². The molecule has 8 nitrogen and oxygen atoms in total. The number of methoxy groups -OCH3 is 2. The van der Waals surface area contributed by atoms with Crippen LogP contribution in [0, 0.1) is 29.1 Å². The van der Waals surface area contributed by atoms with Gasteiger partial charge in [-0.25, -0.2) is 0 Å². The Kier molecular flexibility index (Phi) is 9.33. The van der Waals surface area contributed by atoms with Gasteiger partial charge < -0.3 is 24.1 Å². The van der Waals surface area contributed by atoms with Gasteiger partial charge in [0.15, 0.2) is 0 Å². The van der Waals surface area contributed by atoms with Crippen LogP contribution >= 0.6 is 0 Å². The van der Waals surface area contributed by atoms with Crippen molar-refractivity contribution < 1.29 is 36.7 Å². The Morgan fingerprint density at radius 1 is 1.17 bits per heavy atom. The SMILES string of the molecule is COCO[C@@H]1[C@@H](C)[C@@]2(CC[C@@H](C(C)COS(C)(=O)=O)C2)[C@@H](CO)C[C@H]1OCOC. The topological polar surface area (TPSA) is 101 Å². The minimum atomic E-state index is -3.45. The highest BCUT2D eigenvalue weighted by atomic mass is 32.2. The first-order chi connectivity index (χ1) is 13.7. The maximum absolute atomic E-state index is 11.4. The van der Waals surface area contributed by atoms with Crippen LogP contribution in [0.25, 0.3) is 0 Å². The highest BCUT2D eigenvalue weighted by molar-refractivity contribution is 7.85. The lowest BCUT2D eigenvalue weighted by atomic mass is 9.57. The summed E-state index contributed by atoms with van der Waals surface area (Å²) in [6.45, 7) is 4.86. The van der Waals surface area contributed by atoms with E-state index in [4.69, 9.17) is 23.1 Å². The van der Waals surface area contributed by atoms with Crippen LogP contribution in [0.4, 0.5) is 0 Å². The second kappa shape index (κ2) is 10.8. The zero-order chi connectivity index (χ0) is 21.7. The van der Waals surface area contributed by atoms with Crippen LogP contribution in [-0.2, 0) is 33.2 Å². The predicted octanol–water partition coefficient (Wildman–Crippen LogP) is 2.01. The van der Waals surface area contributed by atoms with E-state index in [1.54, 1.807) is 14.2 Å². The molecule has 1 spiro atoms. The quantitative estimate of drug-likeness (QED) is 0.386. The Hall–Kier alpha value is -0.290. The molecule has 0 aliphatic heterocycles. The van der Waals surface area contributed by atoms with Gasteiger partial charge in [-0.2, -0.15) is 8.42 Å². The summed E-state index contributed by atoms with van der Waals surface area (Å²) in [6, 6.07) is 0. The Bertz CT molecular complexity index is 597. The third-order valence-corrected chi connectivity index (χ3v) is 7.63. The molecular weight excluding hydrogens is 400 g/mol. The number of aliphatic hydroxyl groups excluding tert-OH is 1. The summed E-state index contributed by atoms with van der Waals surface area (Å²) in [5, 5.41) is 10.2. The van der Waals surface area contributed by atoms with Crippen LogP contribution in [0.3, 0.4) is 0 Å². The van der Waals surface area contributed by atoms with Crippen molar-refractivity contribution in [2.45, 2.75) is 51.7 Å². The molecule has 0 amide bonds. The van der Waals surface area contributed by atoms with Gasteiger partial charge in [0.25, 0.3) is 10.1 Å². The normalized spacial score (nSPS) is 36.6. The van der Waals surface area contributed by atoms with Crippen LogP contribution in [0.1, 0.15) is 39.5 Å². The Labute approximate surface area is 175 Å². The van der Waals surface area contributed by atoms with Crippen molar-refractivity contribution in [1.82, 2.24) is 0 Å². The molecule has 29 heavy (non-hydrogen) atoms. The van der Waals surface area contributed by atoms with Crippen molar-refractivity contribution in [2.75, 3.05) is 47.3 Å². The van der Waals surface area contributed by atoms with Gasteiger partial charge >= 0.3 is 0 Å². The average molecular weight is 439 g/mol. The third-order valence-electron chi connectivity index (χ3n) is 7.07. The monoisotopic (exact) mass is 438 g/mol. The molecule has 0 saturated heterocycles. The molecule has 2 aliphatic carbocycles. The molecule has 9 heteroatoms. The molecule has 7 atom stereocenters. The predicted molar refractivity (Wildman–Crippen MR) is 108 cm³/mol. The van der Waals surface area contributed by atoms with Gasteiger partial charge in [0.2, 0.25) is 0 Å². The molecule has 0 aromatic heterocycles. The standard InChI is InChI=1S/C20H38O8S/c1-14(11-28-29(5,22)23)16-6-7-20(9-16)15(2)19(27-13-25-4)18(26-12-24-3)8-17(20)10-21/h14-19,21H,6-13H2,1-5H3/t14?,15-,16-,17-,18-,19-,20+/m1/s1. The maximum atomic E-state index is 11.4. The minimum Gasteiger partial charge on any atom is -0.396 e. The fourth-order valence-electron chi connectivity index (χ4n) is 5.43. The van der Waals surface area contributed by atoms with E-state index in [9.17, 15) is 13.5 Å². The molecule has 172 valence electrons. The summed E-state index contributed by atoms with van der Waals surface area (Å²) < 4.78 is 49.9. The number of rotatable bonds is 11. The smallest absolute Gasteiger partial charge is 0.264 e.